The number of aromatic nitrogens is 2. The lowest BCUT2D eigenvalue weighted by molar-refractivity contribution is -0.180. The quantitative estimate of drug-likeness (QED) is 0.249. The second-order valence-electron chi connectivity index (χ2n) is 13.2. The summed E-state index contributed by atoms with van der Waals surface area (Å²) in [5, 5.41) is 12.0. The number of nitrogens with zero attached hydrogens (tertiary/aromatic N) is 2. The van der Waals surface area contributed by atoms with Crippen LogP contribution in [-0.4, -0.2) is 50.1 Å². The lowest BCUT2D eigenvalue weighted by Gasteiger charge is -2.60. The lowest BCUT2D eigenvalue weighted by atomic mass is 9.45. The Hall–Kier alpha value is -2.88. The maximum Gasteiger partial charge on any atom is 0.339 e. The third-order valence-electron chi connectivity index (χ3n) is 11.2. The van der Waals surface area contributed by atoms with Gasteiger partial charge in [-0.25, -0.2) is 14.8 Å². The minimum Gasteiger partial charge on any atom is -0.447 e. The summed E-state index contributed by atoms with van der Waals surface area (Å²) in [6.07, 6.45) is 7.40. The Bertz CT molecular complexity index is 1600. The maximum atomic E-state index is 14.5. The van der Waals surface area contributed by atoms with Gasteiger partial charge in [-0.2, -0.15) is 0 Å². The Morgan fingerprint density at radius 2 is 1.91 bits per heavy atom. The van der Waals surface area contributed by atoms with Gasteiger partial charge in [0.2, 0.25) is 0 Å². The summed E-state index contributed by atoms with van der Waals surface area (Å²) in [7, 11) is 0. The van der Waals surface area contributed by atoms with Crippen molar-refractivity contribution in [2.45, 2.75) is 74.8 Å². The van der Waals surface area contributed by atoms with E-state index in [9.17, 15) is 19.5 Å². The Morgan fingerprint density at radius 3 is 2.70 bits per heavy atom. The second kappa shape index (κ2) is 10.6. The normalized spacial score (nSPS) is 35.0. The molecule has 1 N–H and O–H groups in total. The van der Waals surface area contributed by atoms with Crippen LogP contribution >= 0.6 is 23.1 Å². The molecular weight excluding hydrogens is 581 g/mol. The number of benzene rings is 1. The number of pyridine rings is 1. The van der Waals surface area contributed by atoms with Gasteiger partial charge in [0.25, 0.3) is 0 Å². The second-order valence-corrected chi connectivity index (χ2v) is 15.4. The molecule has 7 nitrogen and oxygen atoms in total. The molecular formula is C34H36N2O5S2. The first-order chi connectivity index (χ1) is 20.6. The topological polar surface area (TPSA) is 106 Å². The molecule has 0 spiro atoms. The molecule has 2 heterocycles. The first-order valence-electron chi connectivity index (χ1n) is 15.2. The number of ketones is 2. The smallest absolute Gasteiger partial charge is 0.339 e. The molecule has 4 aliphatic rings. The van der Waals surface area contributed by atoms with E-state index in [1.54, 1.807) is 30.5 Å². The number of esters is 1. The molecule has 0 aliphatic heterocycles. The van der Waals surface area contributed by atoms with E-state index in [0.29, 0.717) is 24.8 Å². The molecule has 0 saturated heterocycles. The summed E-state index contributed by atoms with van der Waals surface area (Å²) in [5.74, 6) is -0.0389. The van der Waals surface area contributed by atoms with E-state index >= 15 is 0 Å². The number of aliphatic hydroxyl groups excluding tert-OH is 1. The van der Waals surface area contributed by atoms with E-state index in [2.05, 4.69) is 23.8 Å². The summed E-state index contributed by atoms with van der Waals surface area (Å²) < 4.78 is 7.19. The summed E-state index contributed by atoms with van der Waals surface area (Å²) in [6, 6.07) is 12.6. The van der Waals surface area contributed by atoms with Crippen LogP contribution < -0.4 is 0 Å². The van der Waals surface area contributed by atoms with Gasteiger partial charge in [-0.05, 0) is 92.0 Å². The van der Waals surface area contributed by atoms with Gasteiger partial charge >= 0.3 is 5.97 Å². The zero-order valence-corrected chi connectivity index (χ0v) is 26.1. The van der Waals surface area contributed by atoms with Crippen molar-refractivity contribution in [2.75, 3.05) is 5.75 Å². The number of Topliss-reactive ketones (excluding diaryl/α,β-unsaturated/α-hetero) is 1. The molecule has 2 aromatic heterocycles. The van der Waals surface area contributed by atoms with Gasteiger partial charge in [-0.1, -0.05) is 60.7 Å². The van der Waals surface area contributed by atoms with Crippen molar-refractivity contribution in [1.82, 2.24) is 9.97 Å². The predicted molar refractivity (Wildman–Crippen MR) is 166 cm³/mol. The molecule has 224 valence electrons. The van der Waals surface area contributed by atoms with Crippen molar-refractivity contribution in [3.8, 4) is 0 Å². The highest BCUT2D eigenvalue weighted by Gasteiger charge is 2.70. The van der Waals surface area contributed by atoms with Crippen LogP contribution in [0.2, 0.25) is 0 Å². The highest BCUT2D eigenvalue weighted by Crippen LogP contribution is 2.68. The van der Waals surface area contributed by atoms with Crippen molar-refractivity contribution in [3.05, 3.63) is 65.9 Å². The Morgan fingerprint density at radius 1 is 1.09 bits per heavy atom. The lowest BCUT2D eigenvalue weighted by Crippen LogP contribution is -2.63. The maximum absolute atomic E-state index is 14.5. The number of thioether (sulfide) groups is 1. The number of rotatable bonds is 6. The van der Waals surface area contributed by atoms with Crippen LogP contribution in [0.4, 0.5) is 0 Å². The van der Waals surface area contributed by atoms with E-state index in [0.717, 1.165) is 40.4 Å². The van der Waals surface area contributed by atoms with E-state index in [4.69, 9.17) is 4.74 Å². The van der Waals surface area contributed by atoms with Gasteiger partial charge in [0.15, 0.2) is 21.5 Å². The third-order valence-corrected chi connectivity index (χ3v) is 13.3. The minimum absolute atomic E-state index is 0.0130. The summed E-state index contributed by atoms with van der Waals surface area (Å²) in [6.45, 7) is 4.30. The van der Waals surface area contributed by atoms with Crippen LogP contribution in [0.25, 0.3) is 10.3 Å². The van der Waals surface area contributed by atoms with Crippen LogP contribution in [0.3, 0.4) is 0 Å². The zero-order valence-electron chi connectivity index (χ0n) is 24.5. The number of carbonyl (C=O) groups is 3. The molecule has 0 bridgehead atoms. The number of carbonyl (C=O) groups excluding carboxylic acids is 3. The molecule has 7 atom stereocenters. The van der Waals surface area contributed by atoms with E-state index < -0.39 is 23.1 Å². The van der Waals surface area contributed by atoms with Crippen LogP contribution in [0.5, 0.6) is 0 Å². The van der Waals surface area contributed by atoms with Gasteiger partial charge in [0.05, 0.1) is 17.4 Å². The van der Waals surface area contributed by atoms with Crippen LogP contribution in [0.15, 0.2) is 64.7 Å². The molecule has 4 aliphatic carbocycles. The van der Waals surface area contributed by atoms with E-state index in [1.165, 1.54) is 28.7 Å². The molecule has 7 rings (SSSR count). The fraction of sp³-hybridized carbons (Fsp3) is 0.500. The molecule has 1 aromatic carbocycles. The highest BCUT2D eigenvalue weighted by atomic mass is 32.2. The number of hydrogen-bond acceptors (Lipinski definition) is 9. The zero-order chi connectivity index (χ0) is 30.0. The summed E-state index contributed by atoms with van der Waals surface area (Å²) >= 11 is 2.81. The van der Waals surface area contributed by atoms with Crippen molar-refractivity contribution in [3.63, 3.8) is 0 Å². The van der Waals surface area contributed by atoms with E-state index in [1.807, 2.05) is 24.3 Å². The highest BCUT2D eigenvalue weighted by molar-refractivity contribution is 8.01. The molecule has 3 fully saturated rings. The van der Waals surface area contributed by atoms with Gasteiger partial charge in [-0.15, -0.1) is 0 Å². The SMILES string of the molecule is CC12CCC(=O)C=C1CCC1C2C(O)CC2(C)C1CC[C@]2(OC(=O)c1ccccc1)C(=O)CSc1nc2cccnc2s1. The molecule has 0 amide bonds. The predicted octanol–water partition coefficient (Wildman–Crippen LogP) is 6.45. The minimum atomic E-state index is -1.36. The number of allylic oxidation sites excluding steroid dienone is 1. The van der Waals surface area contributed by atoms with Crippen LogP contribution in [0, 0.1) is 28.6 Å². The third kappa shape index (κ3) is 4.53. The fourth-order valence-corrected chi connectivity index (χ4v) is 11.1. The van der Waals surface area contributed by atoms with Crippen LogP contribution in [0.1, 0.15) is 69.2 Å². The Labute approximate surface area is 259 Å². The fourth-order valence-electron chi connectivity index (χ4n) is 9.20. The summed E-state index contributed by atoms with van der Waals surface area (Å²) in [5.41, 5.74) is 0.0541. The Balaban J connectivity index is 1.23. The average molecular weight is 617 g/mol. The summed E-state index contributed by atoms with van der Waals surface area (Å²) in [4.78, 5) is 50.3. The van der Waals surface area contributed by atoms with Gasteiger partial charge < -0.3 is 9.84 Å². The number of ether oxygens (including phenoxy) is 1. The van der Waals surface area contributed by atoms with Crippen molar-refractivity contribution in [1.29, 1.82) is 0 Å². The largest absolute Gasteiger partial charge is 0.447 e. The number of aliphatic hydroxyl groups is 1. The van der Waals surface area contributed by atoms with Crippen molar-refractivity contribution >= 4 is 51.0 Å². The molecule has 0 radical (unpaired) electrons. The van der Waals surface area contributed by atoms with Crippen molar-refractivity contribution < 1.29 is 24.2 Å². The number of fused-ring (bicyclic) bond motifs is 6. The standard InChI is InChI=1S/C34H36N2O5S2/c1-32-14-12-22(37)17-21(32)10-11-23-24-13-15-34(33(24,2)18-26(38)28(23)32,41-30(40)20-7-4-3-5-8-20)27(39)19-42-31-36-25-9-6-16-35-29(25)43-31/h3-9,16-17,23-24,26,28,38H,10-15,18-19H2,1-2H3/t23?,24?,26?,28?,32?,33?,34-/m0/s1. The van der Waals surface area contributed by atoms with Crippen LogP contribution in [-0.2, 0) is 14.3 Å². The van der Waals surface area contributed by atoms with Gasteiger partial charge in [0, 0.05) is 18.0 Å². The van der Waals surface area contributed by atoms with Crippen molar-refractivity contribution in [2.24, 2.45) is 28.6 Å². The molecule has 3 aromatic rings. The molecule has 6 unspecified atom stereocenters. The van der Waals surface area contributed by atoms with Gasteiger partial charge in [0.1, 0.15) is 10.3 Å². The molecule has 43 heavy (non-hydrogen) atoms. The van der Waals surface area contributed by atoms with E-state index in [-0.39, 0.29) is 40.5 Å². The average Bonchev–Trinajstić information content (AvgIpc) is 3.55. The first-order valence-corrected chi connectivity index (χ1v) is 17.0. The van der Waals surface area contributed by atoms with Gasteiger partial charge in [-0.3, -0.25) is 9.59 Å². The Kier molecular flexibility index (Phi) is 7.14. The number of thiazole rings is 1. The first kappa shape index (κ1) is 28.9. The monoisotopic (exact) mass is 616 g/mol. The molecule has 9 heteroatoms. The number of hydrogen-bond donors (Lipinski definition) is 1. The molecule has 3 saturated carbocycles.